The van der Waals surface area contributed by atoms with E-state index >= 15 is 0 Å². The molecule has 2 aromatic rings. The van der Waals surface area contributed by atoms with E-state index in [2.05, 4.69) is 11.1 Å². The van der Waals surface area contributed by atoms with Crippen molar-refractivity contribution in [3.8, 4) is 0 Å². The minimum Gasteiger partial charge on any atom is -0.321 e. The molecule has 0 fully saturated rings. The van der Waals surface area contributed by atoms with Gasteiger partial charge < -0.3 is 5.73 Å². The van der Waals surface area contributed by atoms with Crippen LogP contribution in [0.2, 0.25) is 0 Å². The Morgan fingerprint density at radius 2 is 2.10 bits per heavy atom. The van der Waals surface area contributed by atoms with E-state index in [0.717, 1.165) is 18.5 Å². The quantitative estimate of drug-likeness (QED) is 0.927. The van der Waals surface area contributed by atoms with Crippen LogP contribution in [0.15, 0.2) is 42.6 Å². The first-order chi connectivity index (χ1) is 9.66. The van der Waals surface area contributed by atoms with Gasteiger partial charge in [0.2, 0.25) is 0 Å². The number of hydrogen-bond donors (Lipinski definition) is 1. The predicted molar refractivity (Wildman–Crippen MR) is 77.9 cm³/mol. The van der Waals surface area contributed by atoms with Crippen LogP contribution in [0, 0.1) is 5.82 Å². The van der Waals surface area contributed by atoms with E-state index in [1.807, 2.05) is 19.1 Å². The summed E-state index contributed by atoms with van der Waals surface area (Å²) in [6.07, 6.45) is 4.40. The number of pyridine rings is 1. The molecule has 0 radical (unpaired) electrons. The molecule has 0 amide bonds. The lowest BCUT2D eigenvalue weighted by Gasteiger charge is -2.35. The van der Waals surface area contributed by atoms with E-state index in [4.69, 9.17) is 5.73 Å². The number of benzene rings is 1. The standard InChI is InChI=1S/C17H19FN2/c1-2-17(19,13-7-3-4-8-15(13)18)14-10-9-12-6-5-11-20-16(12)14/h3-8,11,14H,2,9-10,19H2,1H3. The van der Waals surface area contributed by atoms with Gasteiger partial charge >= 0.3 is 0 Å². The van der Waals surface area contributed by atoms with Crippen LogP contribution in [-0.2, 0) is 12.0 Å². The van der Waals surface area contributed by atoms with Gasteiger partial charge in [-0.25, -0.2) is 4.39 Å². The summed E-state index contributed by atoms with van der Waals surface area (Å²) in [4.78, 5) is 4.51. The van der Waals surface area contributed by atoms with Gasteiger partial charge in [0.15, 0.2) is 0 Å². The molecule has 1 aromatic heterocycles. The van der Waals surface area contributed by atoms with Gasteiger partial charge in [-0.1, -0.05) is 31.2 Å². The monoisotopic (exact) mass is 270 g/mol. The minimum atomic E-state index is -0.690. The summed E-state index contributed by atoms with van der Waals surface area (Å²) in [5.41, 5.74) is 8.86. The number of rotatable bonds is 3. The van der Waals surface area contributed by atoms with Crippen molar-refractivity contribution < 1.29 is 4.39 Å². The minimum absolute atomic E-state index is 0.0839. The van der Waals surface area contributed by atoms with Crippen LogP contribution in [-0.4, -0.2) is 4.98 Å². The summed E-state index contributed by atoms with van der Waals surface area (Å²) < 4.78 is 14.2. The second-order valence-corrected chi connectivity index (χ2v) is 5.51. The van der Waals surface area contributed by atoms with Gasteiger partial charge in [0, 0.05) is 23.4 Å². The highest BCUT2D eigenvalue weighted by Gasteiger charge is 2.41. The number of nitrogens with zero attached hydrogens (tertiary/aromatic N) is 1. The zero-order valence-corrected chi connectivity index (χ0v) is 11.6. The third kappa shape index (κ3) is 1.93. The highest BCUT2D eigenvalue weighted by Crippen LogP contribution is 2.45. The fourth-order valence-corrected chi connectivity index (χ4v) is 3.38. The molecule has 2 unspecified atom stereocenters. The molecule has 1 aromatic carbocycles. The van der Waals surface area contributed by atoms with Gasteiger partial charge in [-0.2, -0.15) is 0 Å². The summed E-state index contributed by atoms with van der Waals surface area (Å²) in [5, 5.41) is 0. The molecule has 3 heteroatoms. The fraction of sp³-hybridized carbons (Fsp3) is 0.353. The van der Waals surface area contributed by atoms with Crippen molar-refractivity contribution in [1.82, 2.24) is 4.98 Å². The normalized spacial score (nSPS) is 20.4. The van der Waals surface area contributed by atoms with E-state index in [1.165, 1.54) is 11.6 Å². The molecule has 0 aliphatic heterocycles. The summed E-state index contributed by atoms with van der Waals surface area (Å²) in [6, 6.07) is 10.9. The largest absolute Gasteiger partial charge is 0.321 e. The molecule has 1 aliphatic rings. The van der Waals surface area contributed by atoms with Crippen molar-refractivity contribution in [1.29, 1.82) is 0 Å². The van der Waals surface area contributed by atoms with Crippen molar-refractivity contribution in [3.63, 3.8) is 0 Å². The van der Waals surface area contributed by atoms with E-state index in [1.54, 1.807) is 18.3 Å². The maximum absolute atomic E-state index is 14.2. The molecule has 3 rings (SSSR count). The first kappa shape index (κ1) is 13.3. The number of fused-ring (bicyclic) bond motifs is 1. The Hall–Kier alpha value is -1.74. The van der Waals surface area contributed by atoms with E-state index in [9.17, 15) is 4.39 Å². The topological polar surface area (TPSA) is 38.9 Å². The Balaban J connectivity index is 2.09. The highest BCUT2D eigenvalue weighted by atomic mass is 19.1. The third-order valence-corrected chi connectivity index (χ3v) is 4.54. The average molecular weight is 270 g/mol. The van der Waals surface area contributed by atoms with Crippen molar-refractivity contribution in [2.24, 2.45) is 5.73 Å². The van der Waals surface area contributed by atoms with Crippen LogP contribution in [0.5, 0.6) is 0 Å². The lowest BCUT2D eigenvalue weighted by atomic mass is 9.75. The summed E-state index contributed by atoms with van der Waals surface area (Å²) >= 11 is 0. The highest BCUT2D eigenvalue weighted by molar-refractivity contribution is 5.37. The zero-order valence-electron chi connectivity index (χ0n) is 11.6. The van der Waals surface area contributed by atoms with Crippen molar-refractivity contribution in [2.45, 2.75) is 37.6 Å². The van der Waals surface area contributed by atoms with Crippen molar-refractivity contribution in [3.05, 3.63) is 65.2 Å². The van der Waals surface area contributed by atoms with E-state index in [-0.39, 0.29) is 11.7 Å². The lowest BCUT2D eigenvalue weighted by Crippen LogP contribution is -2.42. The Bertz CT molecular complexity index is 626. The predicted octanol–water partition coefficient (Wildman–Crippen LogP) is 3.51. The number of nitrogens with two attached hydrogens (primary N) is 1. The fourth-order valence-electron chi connectivity index (χ4n) is 3.38. The molecular formula is C17H19FN2. The van der Waals surface area contributed by atoms with Gasteiger partial charge in [-0.3, -0.25) is 4.98 Å². The number of aryl methyl sites for hydroxylation is 1. The molecule has 104 valence electrons. The summed E-state index contributed by atoms with van der Waals surface area (Å²) in [7, 11) is 0. The molecule has 1 heterocycles. The Labute approximate surface area is 118 Å². The van der Waals surface area contributed by atoms with Crippen LogP contribution in [0.4, 0.5) is 4.39 Å². The smallest absolute Gasteiger partial charge is 0.128 e. The Kier molecular flexibility index (Phi) is 3.30. The molecule has 0 bridgehead atoms. The Morgan fingerprint density at radius 3 is 2.85 bits per heavy atom. The molecule has 20 heavy (non-hydrogen) atoms. The van der Waals surface area contributed by atoms with Crippen LogP contribution in [0.3, 0.4) is 0 Å². The molecule has 2 nitrogen and oxygen atoms in total. The SMILES string of the molecule is CCC(N)(c1ccccc1F)C1CCc2cccnc21. The number of halogens is 1. The van der Waals surface area contributed by atoms with Crippen LogP contribution in [0.25, 0.3) is 0 Å². The van der Waals surface area contributed by atoms with Gasteiger partial charge in [-0.15, -0.1) is 0 Å². The Morgan fingerprint density at radius 1 is 1.30 bits per heavy atom. The number of hydrogen-bond acceptors (Lipinski definition) is 2. The molecule has 2 N–H and O–H groups in total. The maximum Gasteiger partial charge on any atom is 0.128 e. The van der Waals surface area contributed by atoms with E-state index in [0.29, 0.717) is 12.0 Å². The van der Waals surface area contributed by atoms with Crippen molar-refractivity contribution >= 4 is 0 Å². The average Bonchev–Trinajstić information content (AvgIpc) is 2.91. The van der Waals surface area contributed by atoms with E-state index < -0.39 is 5.54 Å². The summed E-state index contributed by atoms with van der Waals surface area (Å²) in [6.45, 7) is 2.02. The molecule has 0 spiro atoms. The van der Waals surface area contributed by atoms with Gasteiger partial charge in [0.1, 0.15) is 5.82 Å². The van der Waals surface area contributed by atoms with Gasteiger partial charge in [0.25, 0.3) is 0 Å². The zero-order chi connectivity index (χ0) is 14.2. The van der Waals surface area contributed by atoms with Crippen LogP contribution >= 0.6 is 0 Å². The van der Waals surface area contributed by atoms with Crippen LogP contribution in [0.1, 0.15) is 42.5 Å². The lowest BCUT2D eigenvalue weighted by molar-refractivity contribution is 0.322. The molecule has 1 aliphatic carbocycles. The molecule has 0 saturated carbocycles. The van der Waals surface area contributed by atoms with Crippen molar-refractivity contribution in [2.75, 3.05) is 0 Å². The van der Waals surface area contributed by atoms with Gasteiger partial charge in [0.05, 0.1) is 5.54 Å². The van der Waals surface area contributed by atoms with Crippen LogP contribution < -0.4 is 5.73 Å². The number of aromatic nitrogens is 1. The second kappa shape index (κ2) is 4.98. The first-order valence-corrected chi connectivity index (χ1v) is 7.14. The molecule has 0 saturated heterocycles. The third-order valence-electron chi connectivity index (χ3n) is 4.54. The van der Waals surface area contributed by atoms with Gasteiger partial charge in [-0.05, 0) is 37.0 Å². The first-order valence-electron chi connectivity index (χ1n) is 7.14. The molecule has 2 atom stereocenters. The molecular weight excluding hydrogens is 251 g/mol. The summed E-state index contributed by atoms with van der Waals surface area (Å²) in [5.74, 6) is -0.137. The maximum atomic E-state index is 14.2. The second-order valence-electron chi connectivity index (χ2n) is 5.51.